The molecule has 0 radical (unpaired) electrons. The Hall–Kier alpha value is -3.06. The number of esters is 1. The first-order valence-electron chi connectivity index (χ1n) is 8.91. The number of methoxy groups -OCH3 is 1. The minimum Gasteiger partial charge on any atom is -0.466 e. The second kappa shape index (κ2) is 7.90. The van der Waals surface area contributed by atoms with Gasteiger partial charge in [0.05, 0.1) is 12.7 Å². The molecule has 28 heavy (non-hydrogen) atoms. The van der Waals surface area contributed by atoms with Crippen LogP contribution in [0.15, 0.2) is 77.1 Å². The van der Waals surface area contributed by atoms with Gasteiger partial charge in [-0.3, -0.25) is 0 Å². The van der Waals surface area contributed by atoms with E-state index < -0.39 is 0 Å². The predicted molar refractivity (Wildman–Crippen MR) is 109 cm³/mol. The van der Waals surface area contributed by atoms with E-state index in [1.807, 2.05) is 55.5 Å². The molecule has 4 rings (SSSR count). The molecule has 1 unspecified atom stereocenters. The van der Waals surface area contributed by atoms with Gasteiger partial charge in [-0.05, 0) is 18.1 Å². The van der Waals surface area contributed by atoms with E-state index in [-0.39, 0.29) is 12.0 Å². The Morgan fingerprint density at radius 2 is 1.82 bits per heavy atom. The van der Waals surface area contributed by atoms with Crippen LogP contribution in [0, 0.1) is 0 Å². The van der Waals surface area contributed by atoms with Crippen molar-refractivity contribution >= 4 is 23.7 Å². The molecule has 2 aromatic carbocycles. The smallest absolute Gasteiger partial charge is 0.338 e. The number of anilines is 1. The predicted octanol–water partition coefficient (Wildman–Crippen LogP) is 4.03. The monoisotopic (exact) mass is 392 g/mol. The van der Waals surface area contributed by atoms with E-state index in [0.717, 1.165) is 17.0 Å². The number of fused-ring (bicyclic) bond motifs is 1. The van der Waals surface area contributed by atoms with E-state index in [1.54, 1.807) is 16.4 Å². The van der Waals surface area contributed by atoms with Crippen LogP contribution in [0.3, 0.4) is 0 Å². The maximum Gasteiger partial charge on any atom is 0.338 e. The van der Waals surface area contributed by atoms with Gasteiger partial charge in [-0.1, -0.05) is 72.4 Å². The topological polar surface area (TPSA) is 69.0 Å². The largest absolute Gasteiger partial charge is 0.466 e. The molecule has 0 amide bonds. The molecular weight excluding hydrogens is 372 g/mol. The molecule has 7 heteroatoms. The fraction of sp³-hybridized carbons (Fsp3) is 0.190. The van der Waals surface area contributed by atoms with Crippen molar-refractivity contribution < 1.29 is 9.53 Å². The molecule has 0 fully saturated rings. The highest BCUT2D eigenvalue weighted by molar-refractivity contribution is 7.98. The molecule has 0 bridgehead atoms. The third-order valence-electron chi connectivity index (χ3n) is 4.56. The van der Waals surface area contributed by atoms with E-state index in [0.29, 0.717) is 16.7 Å². The molecule has 1 aromatic heterocycles. The summed E-state index contributed by atoms with van der Waals surface area (Å²) in [5, 5.41) is 8.55. The Kier molecular flexibility index (Phi) is 5.16. The van der Waals surface area contributed by atoms with Gasteiger partial charge in [-0.15, -0.1) is 5.10 Å². The number of ether oxygens (including phenoxy) is 1. The van der Waals surface area contributed by atoms with Crippen molar-refractivity contribution in [2.24, 2.45) is 0 Å². The van der Waals surface area contributed by atoms with Crippen LogP contribution in [0.2, 0.25) is 0 Å². The highest BCUT2D eigenvalue weighted by atomic mass is 32.2. The average Bonchev–Trinajstić information content (AvgIpc) is 3.14. The van der Waals surface area contributed by atoms with Gasteiger partial charge in [-0.25, -0.2) is 9.48 Å². The average molecular weight is 392 g/mol. The highest BCUT2D eigenvalue weighted by Gasteiger charge is 2.34. The summed E-state index contributed by atoms with van der Waals surface area (Å²) in [7, 11) is 1.39. The van der Waals surface area contributed by atoms with Crippen LogP contribution in [0.25, 0.3) is 0 Å². The quantitative estimate of drug-likeness (QED) is 0.522. The van der Waals surface area contributed by atoms with Gasteiger partial charge in [0.25, 0.3) is 0 Å². The van der Waals surface area contributed by atoms with Crippen LogP contribution in [0.5, 0.6) is 0 Å². The third-order valence-corrected chi connectivity index (χ3v) is 5.47. The van der Waals surface area contributed by atoms with Gasteiger partial charge >= 0.3 is 5.97 Å². The number of allylic oxidation sites excluding steroid dienone is 1. The molecule has 1 N–H and O–H groups in total. The summed E-state index contributed by atoms with van der Waals surface area (Å²) in [6.45, 7) is 1.86. The van der Waals surface area contributed by atoms with E-state index >= 15 is 0 Å². The Balaban J connectivity index is 1.69. The van der Waals surface area contributed by atoms with Crippen molar-refractivity contribution in [1.29, 1.82) is 0 Å². The number of thioether (sulfide) groups is 1. The number of nitrogens with zero attached hydrogens (tertiary/aromatic N) is 3. The number of rotatable bonds is 5. The molecule has 1 aliphatic rings. The first-order valence-corrected chi connectivity index (χ1v) is 9.90. The molecule has 1 aliphatic heterocycles. The SMILES string of the molecule is COC(=O)C1=C(C)Nc2nc(SCc3ccccc3)nn2C1c1ccccc1. The summed E-state index contributed by atoms with van der Waals surface area (Å²) in [6, 6.07) is 19.6. The molecule has 6 nitrogen and oxygen atoms in total. The maximum atomic E-state index is 12.5. The number of hydrogen-bond donors (Lipinski definition) is 1. The van der Waals surface area contributed by atoms with Crippen LogP contribution in [0.1, 0.15) is 24.1 Å². The first kappa shape index (κ1) is 18.3. The fourth-order valence-electron chi connectivity index (χ4n) is 3.23. The molecular formula is C21H20N4O2S. The zero-order valence-corrected chi connectivity index (χ0v) is 16.4. The van der Waals surface area contributed by atoms with E-state index in [4.69, 9.17) is 4.74 Å². The molecule has 0 saturated heterocycles. The first-order chi connectivity index (χ1) is 13.7. The molecule has 1 atom stereocenters. The summed E-state index contributed by atoms with van der Waals surface area (Å²) >= 11 is 1.56. The van der Waals surface area contributed by atoms with Gasteiger partial charge in [-0.2, -0.15) is 4.98 Å². The standard InChI is InChI=1S/C21H20N4O2S/c1-14-17(19(26)27-2)18(16-11-7-4-8-12-16)25-20(22-14)23-21(24-25)28-13-15-9-5-3-6-10-15/h3-12,18H,13H2,1-2H3,(H,22,23,24). The number of benzene rings is 2. The molecule has 2 heterocycles. The Labute approximate surface area is 167 Å². The minimum atomic E-state index is -0.386. The summed E-state index contributed by atoms with van der Waals surface area (Å²) in [4.78, 5) is 17.1. The third kappa shape index (κ3) is 3.53. The van der Waals surface area contributed by atoms with Gasteiger partial charge in [0.15, 0.2) is 0 Å². The van der Waals surface area contributed by atoms with Crippen LogP contribution < -0.4 is 5.32 Å². The van der Waals surface area contributed by atoms with Gasteiger partial charge < -0.3 is 10.1 Å². The fourth-order valence-corrected chi connectivity index (χ4v) is 4.02. The van der Waals surface area contributed by atoms with Crippen LogP contribution in [0.4, 0.5) is 5.95 Å². The molecule has 3 aromatic rings. The van der Waals surface area contributed by atoms with Crippen molar-refractivity contribution in [2.75, 3.05) is 12.4 Å². The van der Waals surface area contributed by atoms with Gasteiger partial charge in [0, 0.05) is 11.4 Å². The Morgan fingerprint density at radius 3 is 2.50 bits per heavy atom. The van der Waals surface area contributed by atoms with Crippen LogP contribution in [-0.2, 0) is 15.3 Å². The maximum absolute atomic E-state index is 12.5. The molecule has 142 valence electrons. The lowest BCUT2D eigenvalue weighted by molar-refractivity contribution is -0.136. The van der Waals surface area contributed by atoms with Crippen molar-refractivity contribution in [3.8, 4) is 0 Å². The number of carbonyl (C=O) groups is 1. The number of aromatic nitrogens is 3. The van der Waals surface area contributed by atoms with Crippen molar-refractivity contribution in [1.82, 2.24) is 14.8 Å². The second-order valence-corrected chi connectivity index (χ2v) is 7.35. The molecule has 0 saturated carbocycles. The Morgan fingerprint density at radius 1 is 1.14 bits per heavy atom. The number of hydrogen-bond acceptors (Lipinski definition) is 6. The number of nitrogens with one attached hydrogen (secondary N) is 1. The number of carbonyl (C=O) groups excluding carboxylic acids is 1. The lowest BCUT2D eigenvalue weighted by Crippen LogP contribution is -2.29. The van der Waals surface area contributed by atoms with Crippen molar-refractivity contribution in [3.63, 3.8) is 0 Å². The lowest BCUT2D eigenvalue weighted by Gasteiger charge is -2.27. The van der Waals surface area contributed by atoms with E-state index in [2.05, 4.69) is 27.5 Å². The van der Waals surface area contributed by atoms with Gasteiger partial charge in [0.2, 0.25) is 11.1 Å². The normalized spacial score (nSPS) is 15.7. The zero-order valence-electron chi connectivity index (χ0n) is 15.6. The van der Waals surface area contributed by atoms with Crippen LogP contribution >= 0.6 is 11.8 Å². The van der Waals surface area contributed by atoms with Crippen molar-refractivity contribution in [2.45, 2.75) is 23.9 Å². The zero-order chi connectivity index (χ0) is 19.5. The van der Waals surface area contributed by atoms with Crippen molar-refractivity contribution in [3.05, 3.63) is 83.1 Å². The summed E-state index contributed by atoms with van der Waals surface area (Å²) in [5.41, 5.74) is 3.41. The van der Waals surface area contributed by atoms with E-state index in [9.17, 15) is 4.79 Å². The summed E-state index contributed by atoms with van der Waals surface area (Å²) in [6.07, 6.45) is 0. The Bertz CT molecular complexity index is 1020. The highest BCUT2D eigenvalue weighted by Crippen LogP contribution is 2.36. The summed E-state index contributed by atoms with van der Waals surface area (Å²) in [5.74, 6) is 1.02. The van der Waals surface area contributed by atoms with E-state index in [1.165, 1.54) is 12.7 Å². The van der Waals surface area contributed by atoms with Gasteiger partial charge in [0.1, 0.15) is 6.04 Å². The van der Waals surface area contributed by atoms with Crippen LogP contribution in [-0.4, -0.2) is 27.8 Å². The molecule has 0 spiro atoms. The lowest BCUT2D eigenvalue weighted by atomic mass is 9.96. The molecule has 0 aliphatic carbocycles. The minimum absolute atomic E-state index is 0.376. The summed E-state index contributed by atoms with van der Waals surface area (Å²) < 4.78 is 6.80. The second-order valence-electron chi connectivity index (χ2n) is 6.41.